The molecule has 2 aromatic heterocycles. The molecular weight excluding hydrogens is 1160 g/mol. The van der Waals surface area contributed by atoms with Crippen LogP contribution >= 0.6 is 0 Å². The Labute approximate surface area is 479 Å². The highest BCUT2D eigenvalue weighted by Gasteiger charge is 2.45. The van der Waals surface area contributed by atoms with Crippen molar-refractivity contribution >= 4 is 63.7 Å². The van der Waals surface area contributed by atoms with Crippen LogP contribution in [-0.2, 0) is 40.6 Å². The van der Waals surface area contributed by atoms with E-state index in [0.29, 0.717) is 76.0 Å². The molecule has 8 N–H and O–H groups in total. The van der Waals surface area contributed by atoms with Gasteiger partial charge >= 0.3 is 24.0 Å². The molecule has 0 fully saturated rings. The molecule has 2 aliphatic rings. The Morgan fingerprint density at radius 1 is 0.671 bits per heavy atom. The summed E-state index contributed by atoms with van der Waals surface area (Å²) in [4.78, 5) is 40.0. The highest BCUT2D eigenvalue weighted by atomic mass is 79.9. The fourth-order valence-corrected chi connectivity index (χ4v) is 8.53. The van der Waals surface area contributed by atoms with Crippen LogP contribution in [0.25, 0.3) is 0 Å². The smallest absolute Gasteiger partial charge is 0.471 e. The first-order valence-corrected chi connectivity index (χ1v) is 25.7. The van der Waals surface area contributed by atoms with Crippen LogP contribution < -0.4 is 110 Å². The maximum atomic E-state index is 13.4. The molecule has 0 unspecified atom stereocenters. The van der Waals surface area contributed by atoms with Gasteiger partial charge in [-0.15, -0.1) is 0 Å². The molecule has 3 amide bonds. The highest BCUT2D eigenvalue weighted by molar-refractivity contribution is 6.01. The zero-order valence-electron chi connectivity index (χ0n) is 44.3. The Balaban J connectivity index is 0.000000756. The zero-order valence-corrected chi connectivity index (χ0v) is 49.0. The minimum Gasteiger partial charge on any atom is -1.00 e. The average molecular weight is 1240 g/mol. The Hall–Kier alpha value is -4.88. The quantitative estimate of drug-likeness (QED) is 0.0234. The Morgan fingerprint density at radius 2 is 1.20 bits per heavy atom. The lowest BCUT2D eigenvalue weighted by Crippen LogP contribution is -3.00. The number of alkyl halides is 3. The van der Waals surface area contributed by atoms with Crippen molar-refractivity contribution < 1.29 is 101 Å². The van der Waals surface area contributed by atoms with Crippen LogP contribution in [0.4, 0.5) is 59.2 Å². The van der Waals surface area contributed by atoms with E-state index >= 15 is 0 Å². The van der Waals surface area contributed by atoms with Gasteiger partial charge in [0.05, 0.1) is 80.3 Å². The molecule has 0 aliphatic carbocycles. The summed E-state index contributed by atoms with van der Waals surface area (Å²) in [5, 5.41) is 27.0. The number of unbranched alkanes of at least 4 members (excludes halogenated alkanes) is 4. The minimum absolute atomic E-state index is 0. The molecular formula is C50H78Br2Cl2F3N16O3-. The van der Waals surface area contributed by atoms with Crippen LogP contribution in [0.1, 0.15) is 91.9 Å². The van der Waals surface area contributed by atoms with Gasteiger partial charge in [-0.1, -0.05) is 49.8 Å². The number of quaternary nitrogens is 1. The van der Waals surface area contributed by atoms with Gasteiger partial charge in [-0.3, -0.25) is 14.4 Å². The Morgan fingerprint density at radius 3 is 1.74 bits per heavy atom. The van der Waals surface area contributed by atoms with Crippen molar-refractivity contribution in [3.63, 3.8) is 0 Å². The van der Waals surface area contributed by atoms with Gasteiger partial charge in [0.2, 0.25) is 11.8 Å². The molecule has 4 aromatic rings. The molecule has 2 aromatic carbocycles. The van der Waals surface area contributed by atoms with Crippen LogP contribution in [0.15, 0.2) is 81.6 Å². The van der Waals surface area contributed by atoms with Gasteiger partial charge in [0, 0.05) is 82.9 Å². The largest absolute Gasteiger partial charge is 1.00 e. The molecule has 26 heteroatoms. The van der Waals surface area contributed by atoms with E-state index in [-0.39, 0.29) is 82.8 Å². The van der Waals surface area contributed by atoms with Crippen LogP contribution in [0.5, 0.6) is 0 Å². The van der Waals surface area contributed by atoms with Crippen LogP contribution in [-0.4, -0.2) is 98.5 Å². The number of nitrogens with zero attached hydrogens (tertiary/aromatic N) is 11. The lowest BCUT2D eigenvalue weighted by Gasteiger charge is -2.38. The summed E-state index contributed by atoms with van der Waals surface area (Å²) in [6.07, 6.45) is 12.7. The van der Waals surface area contributed by atoms with Crippen molar-refractivity contribution in [1.82, 2.24) is 19.8 Å². The van der Waals surface area contributed by atoms with Gasteiger partial charge < -0.3 is 101 Å². The highest BCUT2D eigenvalue weighted by Crippen LogP contribution is 2.39. The molecule has 426 valence electrons. The number of hydrogen-bond acceptors (Lipinski definition) is 11. The predicted octanol–water partition coefficient (Wildman–Crippen LogP) is -5.24. The van der Waals surface area contributed by atoms with Crippen molar-refractivity contribution in [3.8, 4) is 0 Å². The first-order valence-electron chi connectivity index (χ1n) is 25.7. The average Bonchev–Trinajstić information content (AvgIpc) is 3.95. The summed E-state index contributed by atoms with van der Waals surface area (Å²) in [5.41, 5.74) is 14.0. The molecule has 76 heavy (non-hydrogen) atoms. The van der Waals surface area contributed by atoms with E-state index in [1.54, 1.807) is 12.1 Å². The van der Waals surface area contributed by atoms with E-state index in [4.69, 9.17) is 5.73 Å². The zero-order chi connectivity index (χ0) is 51.9. The second-order valence-corrected chi connectivity index (χ2v) is 18.0. The summed E-state index contributed by atoms with van der Waals surface area (Å²) < 4.78 is 48.3. The fourth-order valence-electron chi connectivity index (χ4n) is 8.53. The van der Waals surface area contributed by atoms with Crippen LogP contribution in [0, 0.1) is 0 Å². The molecule has 6 rings (SSSR count). The first-order chi connectivity index (χ1) is 34.8. The second kappa shape index (κ2) is 36.3. The Kier molecular flexibility index (Phi) is 33.0. The van der Waals surface area contributed by atoms with Gasteiger partial charge in [-0.25, -0.2) is 18.3 Å². The van der Waals surface area contributed by atoms with E-state index in [9.17, 15) is 27.6 Å². The van der Waals surface area contributed by atoms with Crippen molar-refractivity contribution in [1.29, 1.82) is 0 Å². The summed E-state index contributed by atoms with van der Waals surface area (Å²) in [7, 11) is 0. The van der Waals surface area contributed by atoms with Gasteiger partial charge in [0.15, 0.2) is 0 Å². The maximum absolute atomic E-state index is 13.4. The Bertz CT molecular complexity index is 2360. The number of fused-ring (bicyclic) bond motifs is 2. The number of anilines is 4. The summed E-state index contributed by atoms with van der Waals surface area (Å²) in [5.74, 6) is -0.780. The molecule has 0 saturated heterocycles. The number of imidazole rings is 2. The second-order valence-electron chi connectivity index (χ2n) is 18.0. The standard InChI is InChI=1S/C28H39F3N8O3.C22H37N8.2BrH.2ClH/c1-4-5-6-13-36-18-19-39(26(42)28(29,30)31)25-20-23(9-10-24(25)36)34-35-27-37(14-7-11-32-21(2)40)16-17-38(27)15-8-12-33-22(3)41;1-2-3-4-12-28-15-11-25-20-18-19(7-8-21(20)28)26-27-22-29(13-5-9-23)16-17-30(22)14-6-10-24;;;;/h9-10,16-17,20H,4-8,11-15,18-19H2,1-3H3,(H-,32,33,40,41);7-8,16-18,25H,2-6,9-15,23-24H2,1H3;4*1H/q;+1;;;;/p-2. The number of azo groups is 2. The molecule has 0 spiro atoms. The summed E-state index contributed by atoms with van der Waals surface area (Å²) in [6, 6.07) is 11.2. The SMILES string of the molecule is CCCCCN1CCN(C(=O)C(F)(F)F)c2cc(N=Nc3n(CCCNC(C)=O)cc[n+]3CCCNC(C)=O)ccc21.CCCCCN1CCNc2cc(N=Nc3n(CCCN)cc[n+]3CCC[NH3+])ccc21.[Br-].[Br-].[Cl-].[Cl-]. The van der Waals surface area contributed by atoms with Gasteiger partial charge in [0.25, 0.3) is 0 Å². The molecule has 0 radical (unpaired) electrons. The number of carbonyl (C=O) groups is 3. The van der Waals surface area contributed by atoms with Crippen molar-refractivity contribution in [2.24, 2.45) is 26.2 Å². The number of benzene rings is 2. The van der Waals surface area contributed by atoms with E-state index < -0.39 is 12.1 Å². The van der Waals surface area contributed by atoms with E-state index in [1.807, 2.05) is 26.4 Å². The maximum Gasteiger partial charge on any atom is 0.471 e. The van der Waals surface area contributed by atoms with Gasteiger partial charge in [-0.05, 0) is 75.0 Å². The number of rotatable bonds is 26. The number of nitrogens with one attached hydrogen (secondary N) is 3. The van der Waals surface area contributed by atoms with E-state index in [1.165, 1.54) is 44.9 Å². The van der Waals surface area contributed by atoms with E-state index in [2.05, 4.69) is 101 Å². The van der Waals surface area contributed by atoms with Crippen LogP contribution in [0.2, 0.25) is 0 Å². The summed E-state index contributed by atoms with van der Waals surface area (Å²) in [6.45, 7) is 16.6. The lowest BCUT2D eigenvalue weighted by molar-refractivity contribution is -0.686. The first kappa shape index (κ1) is 69.1. The number of aryl methyl sites for hydroxylation is 4. The molecule has 0 bridgehead atoms. The molecule has 19 nitrogen and oxygen atoms in total. The summed E-state index contributed by atoms with van der Waals surface area (Å²) >= 11 is 0. The normalized spacial score (nSPS) is 12.8. The van der Waals surface area contributed by atoms with Crippen molar-refractivity contribution in [2.75, 3.05) is 85.5 Å². The fraction of sp³-hybridized carbons (Fsp3) is 0.580. The van der Waals surface area contributed by atoms with Gasteiger partial charge in [-0.2, -0.15) is 13.2 Å². The number of carbonyl (C=O) groups excluding carboxylic acids is 3. The van der Waals surface area contributed by atoms with Crippen molar-refractivity contribution in [3.05, 3.63) is 61.2 Å². The van der Waals surface area contributed by atoms with E-state index in [0.717, 1.165) is 93.6 Å². The number of halogens is 7. The third kappa shape index (κ3) is 21.5. The lowest BCUT2D eigenvalue weighted by atomic mass is 10.1. The minimum atomic E-state index is -5.00. The number of nitrogens with two attached hydrogens (primary N) is 1. The third-order valence-corrected chi connectivity index (χ3v) is 12.3. The molecule has 2 aliphatic heterocycles. The van der Waals surface area contributed by atoms with Crippen LogP contribution in [0.3, 0.4) is 0 Å². The topological polar surface area (TPSA) is 218 Å². The monoisotopic (exact) mass is 1240 g/mol. The molecule has 0 saturated carbocycles. The predicted molar refractivity (Wildman–Crippen MR) is 274 cm³/mol. The molecule has 0 atom stereocenters. The number of aromatic nitrogens is 4. The third-order valence-electron chi connectivity index (χ3n) is 12.3. The molecule has 4 heterocycles. The van der Waals surface area contributed by atoms with Gasteiger partial charge in [0.1, 0.15) is 11.4 Å². The number of hydrogen-bond donors (Lipinski definition) is 5. The number of amides is 3. The van der Waals surface area contributed by atoms with Crippen molar-refractivity contribution in [2.45, 2.75) is 124 Å².